The van der Waals surface area contributed by atoms with E-state index in [4.69, 9.17) is 10.5 Å². The molecule has 21 heavy (non-hydrogen) atoms. The topological polar surface area (TPSA) is 64.3 Å². The second-order valence-corrected chi connectivity index (χ2v) is 4.15. The molecule has 0 aliphatic carbocycles. The van der Waals surface area contributed by atoms with Crippen molar-refractivity contribution in [2.45, 2.75) is 0 Å². The zero-order chi connectivity index (χ0) is 15.4. The third-order valence-corrected chi connectivity index (χ3v) is 2.53. The predicted octanol–water partition coefficient (Wildman–Crippen LogP) is 2.70. The molecule has 2 rings (SSSR count). The molecule has 1 amide bonds. The second-order valence-electron chi connectivity index (χ2n) is 4.15. The van der Waals surface area contributed by atoms with Gasteiger partial charge in [0.05, 0.1) is 5.69 Å². The van der Waals surface area contributed by atoms with Crippen molar-refractivity contribution >= 4 is 17.3 Å². The molecule has 0 aliphatic heterocycles. The molecule has 0 bridgehead atoms. The molecule has 0 aliphatic rings. The molecule has 3 N–H and O–H groups in total. The number of benzene rings is 2. The lowest BCUT2D eigenvalue weighted by molar-refractivity contribution is -0.118. The molecule has 7 heteroatoms. The number of rotatable bonds is 4. The number of halogens is 3. The third-order valence-electron chi connectivity index (χ3n) is 2.53. The number of hydrogen-bond donors (Lipinski definition) is 2. The summed E-state index contributed by atoms with van der Waals surface area (Å²) in [6.07, 6.45) is 0. The summed E-state index contributed by atoms with van der Waals surface area (Å²) in [4.78, 5) is 11.6. The molecule has 0 spiro atoms. The van der Waals surface area contributed by atoms with Crippen molar-refractivity contribution in [2.75, 3.05) is 17.7 Å². The van der Waals surface area contributed by atoms with Crippen molar-refractivity contribution in [1.29, 1.82) is 0 Å². The lowest BCUT2D eigenvalue weighted by Crippen LogP contribution is -2.20. The zero-order valence-corrected chi connectivity index (χ0v) is 10.7. The molecule has 0 saturated heterocycles. The minimum atomic E-state index is -0.908. The van der Waals surface area contributed by atoms with Gasteiger partial charge in [0.2, 0.25) is 0 Å². The van der Waals surface area contributed by atoms with Crippen LogP contribution in [-0.4, -0.2) is 12.5 Å². The molecule has 0 unspecified atom stereocenters. The molecule has 110 valence electrons. The monoisotopic (exact) mass is 296 g/mol. The van der Waals surface area contributed by atoms with Crippen LogP contribution in [0.5, 0.6) is 5.75 Å². The van der Waals surface area contributed by atoms with Gasteiger partial charge < -0.3 is 15.8 Å². The number of amides is 1. The Kier molecular flexibility index (Phi) is 4.32. The summed E-state index contributed by atoms with van der Waals surface area (Å²) in [7, 11) is 0. The van der Waals surface area contributed by atoms with E-state index < -0.39 is 30.0 Å². The Bertz CT molecular complexity index is 677. The summed E-state index contributed by atoms with van der Waals surface area (Å²) in [6.45, 7) is -0.486. The molecule has 0 aromatic heterocycles. The van der Waals surface area contributed by atoms with Crippen LogP contribution in [0.1, 0.15) is 0 Å². The van der Waals surface area contributed by atoms with E-state index in [1.165, 1.54) is 12.1 Å². The van der Waals surface area contributed by atoms with E-state index in [0.717, 1.165) is 18.2 Å². The molecule has 4 nitrogen and oxygen atoms in total. The highest BCUT2D eigenvalue weighted by Gasteiger charge is 2.09. The van der Waals surface area contributed by atoms with Crippen molar-refractivity contribution in [2.24, 2.45) is 0 Å². The number of anilines is 2. The fourth-order valence-electron chi connectivity index (χ4n) is 1.55. The smallest absolute Gasteiger partial charge is 0.262 e. The molecule has 0 atom stereocenters. The van der Waals surface area contributed by atoms with Crippen molar-refractivity contribution in [3.05, 3.63) is 53.8 Å². The number of carbonyl (C=O) groups excluding carboxylic acids is 1. The predicted molar refractivity (Wildman–Crippen MR) is 71.3 cm³/mol. The van der Waals surface area contributed by atoms with Crippen LogP contribution in [0.25, 0.3) is 0 Å². The molecule has 0 saturated carbocycles. The SMILES string of the molecule is Nc1cc(NC(=O)COc2ccc(F)cc2F)ccc1F. The Morgan fingerprint density at radius 2 is 1.86 bits per heavy atom. The zero-order valence-electron chi connectivity index (χ0n) is 10.7. The lowest BCUT2D eigenvalue weighted by atomic mass is 10.2. The number of ether oxygens (including phenoxy) is 1. The maximum Gasteiger partial charge on any atom is 0.262 e. The first-order valence-electron chi connectivity index (χ1n) is 5.88. The minimum Gasteiger partial charge on any atom is -0.481 e. The molecule has 0 fully saturated rings. The van der Waals surface area contributed by atoms with E-state index in [9.17, 15) is 18.0 Å². The lowest BCUT2D eigenvalue weighted by Gasteiger charge is -2.09. The molecular weight excluding hydrogens is 285 g/mol. The van der Waals surface area contributed by atoms with Gasteiger partial charge in [0.15, 0.2) is 18.2 Å². The summed E-state index contributed by atoms with van der Waals surface area (Å²) < 4.78 is 43.8. The average Bonchev–Trinajstić information content (AvgIpc) is 2.42. The largest absolute Gasteiger partial charge is 0.481 e. The first-order chi connectivity index (χ1) is 9.95. The Morgan fingerprint density at radius 3 is 2.52 bits per heavy atom. The van der Waals surface area contributed by atoms with Crippen molar-refractivity contribution in [1.82, 2.24) is 0 Å². The maximum atomic E-state index is 13.3. The van der Waals surface area contributed by atoms with Gasteiger partial charge in [-0.25, -0.2) is 13.2 Å². The van der Waals surface area contributed by atoms with Crippen LogP contribution >= 0.6 is 0 Å². The van der Waals surface area contributed by atoms with Gasteiger partial charge in [-0.05, 0) is 30.3 Å². The van der Waals surface area contributed by atoms with Crippen LogP contribution in [-0.2, 0) is 4.79 Å². The van der Waals surface area contributed by atoms with Crippen molar-refractivity contribution in [3.8, 4) is 5.75 Å². The van der Waals surface area contributed by atoms with Gasteiger partial charge in [0, 0.05) is 11.8 Å². The van der Waals surface area contributed by atoms with Crippen LogP contribution in [0.3, 0.4) is 0 Å². The summed E-state index contributed by atoms with van der Waals surface area (Å²) in [5.41, 5.74) is 5.52. The molecule has 0 radical (unpaired) electrons. The Labute approximate surface area is 118 Å². The first kappa shape index (κ1) is 14.7. The Balaban J connectivity index is 1.94. The number of nitrogens with one attached hydrogen (secondary N) is 1. The van der Waals surface area contributed by atoms with Crippen LogP contribution in [0, 0.1) is 17.5 Å². The summed E-state index contributed by atoms with van der Waals surface area (Å²) in [6, 6.07) is 6.40. The Hall–Kier alpha value is -2.70. The van der Waals surface area contributed by atoms with Gasteiger partial charge in [-0.3, -0.25) is 4.79 Å². The summed E-state index contributed by atoms with van der Waals surface area (Å²) in [5, 5.41) is 2.40. The Morgan fingerprint density at radius 1 is 1.10 bits per heavy atom. The van der Waals surface area contributed by atoms with Crippen molar-refractivity contribution < 1.29 is 22.7 Å². The minimum absolute atomic E-state index is 0.113. The first-order valence-corrected chi connectivity index (χ1v) is 5.88. The number of nitrogens with two attached hydrogens (primary N) is 1. The molecule has 0 heterocycles. The normalized spacial score (nSPS) is 10.2. The van der Waals surface area contributed by atoms with E-state index in [1.807, 2.05) is 0 Å². The van der Waals surface area contributed by atoms with Crippen LogP contribution in [0.15, 0.2) is 36.4 Å². The quantitative estimate of drug-likeness (QED) is 0.853. The van der Waals surface area contributed by atoms with Crippen molar-refractivity contribution in [3.63, 3.8) is 0 Å². The van der Waals surface area contributed by atoms with Gasteiger partial charge in [-0.15, -0.1) is 0 Å². The van der Waals surface area contributed by atoms with Crippen LogP contribution in [0.2, 0.25) is 0 Å². The van der Waals surface area contributed by atoms with E-state index in [0.29, 0.717) is 6.07 Å². The standard InChI is InChI=1S/C14H11F3N2O2/c15-8-1-4-13(11(17)5-8)21-7-14(20)19-9-2-3-10(16)12(18)6-9/h1-6H,7,18H2,(H,19,20). The number of carbonyl (C=O) groups is 1. The molecule has 2 aromatic carbocycles. The van der Waals surface area contributed by atoms with Gasteiger partial charge in [0.1, 0.15) is 11.6 Å². The van der Waals surface area contributed by atoms with E-state index in [2.05, 4.69) is 5.32 Å². The number of hydrogen-bond acceptors (Lipinski definition) is 3. The maximum absolute atomic E-state index is 13.3. The highest BCUT2D eigenvalue weighted by atomic mass is 19.1. The highest BCUT2D eigenvalue weighted by molar-refractivity contribution is 5.92. The third kappa shape index (κ3) is 3.88. The fraction of sp³-hybridized carbons (Fsp3) is 0.0714. The summed E-state index contributed by atoms with van der Waals surface area (Å²) >= 11 is 0. The fourth-order valence-corrected chi connectivity index (χ4v) is 1.55. The van der Waals surface area contributed by atoms with E-state index >= 15 is 0 Å². The van der Waals surface area contributed by atoms with Gasteiger partial charge >= 0.3 is 0 Å². The number of nitrogen functional groups attached to an aromatic ring is 1. The summed E-state index contributed by atoms with van der Waals surface area (Å²) in [5.74, 6) is -3.09. The molecular formula is C14H11F3N2O2. The van der Waals surface area contributed by atoms with Gasteiger partial charge in [-0.1, -0.05) is 0 Å². The van der Waals surface area contributed by atoms with Gasteiger partial charge in [-0.2, -0.15) is 0 Å². The van der Waals surface area contributed by atoms with Gasteiger partial charge in [0.25, 0.3) is 5.91 Å². The van der Waals surface area contributed by atoms with Crippen LogP contribution < -0.4 is 15.8 Å². The molecule has 2 aromatic rings. The second kappa shape index (κ2) is 6.17. The van der Waals surface area contributed by atoms with Crippen LogP contribution in [0.4, 0.5) is 24.5 Å². The average molecular weight is 296 g/mol. The van der Waals surface area contributed by atoms with E-state index in [1.54, 1.807) is 0 Å². The highest BCUT2D eigenvalue weighted by Crippen LogP contribution is 2.18. The van der Waals surface area contributed by atoms with E-state index in [-0.39, 0.29) is 17.1 Å².